The normalized spacial score (nSPS) is 12.3. The van der Waals surface area contributed by atoms with Crippen molar-refractivity contribution in [3.05, 3.63) is 101 Å². The second-order valence-corrected chi connectivity index (χ2v) is 6.27. The van der Waals surface area contributed by atoms with Crippen molar-refractivity contribution in [2.75, 3.05) is 6.61 Å². The minimum absolute atomic E-state index is 0.157. The standard InChI is InChI=1S/C24H22F2O/c1-2-27-22-14-10-18(11-15-22)8-12-21-13-9-19(17-24(21)26)16-23(25)20-6-4-3-5-7-20/h3-15,17,23H,2,16H2,1H3/t23-/m1/s1. The first-order valence-corrected chi connectivity index (χ1v) is 9.04. The maximum atomic E-state index is 14.4. The molecule has 0 saturated heterocycles. The predicted molar refractivity (Wildman–Crippen MR) is 107 cm³/mol. The van der Waals surface area contributed by atoms with Crippen LogP contribution in [0.1, 0.15) is 35.3 Å². The summed E-state index contributed by atoms with van der Waals surface area (Å²) < 4.78 is 34.1. The van der Waals surface area contributed by atoms with Crippen LogP contribution < -0.4 is 4.74 Å². The van der Waals surface area contributed by atoms with Crippen LogP contribution in [-0.2, 0) is 6.42 Å². The van der Waals surface area contributed by atoms with Crippen LogP contribution in [-0.4, -0.2) is 6.61 Å². The van der Waals surface area contributed by atoms with E-state index in [1.165, 1.54) is 6.07 Å². The third-order valence-corrected chi connectivity index (χ3v) is 4.29. The molecule has 0 aliphatic heterocycles. The van der Waals surface area contributed by atoms with Crippen LogP contribution in [0.3, 0.4) is 0 Å². The molecule has 27 heavy (non-hydrogen) atoms. The van der Waals surface area contributed by atoms with Gasteiger partial charge in [-0.1, -0.05) is 66.7 Å². The lowest BCUT2D eigenvalue weighted by molar-refractivity contribution is 0.340. The van der Waals surface area contributed by atoms with E-state index >= 15 is 0 Å². The molecule has 0 bridgehead atoms. The molecule has 3 heteroatoms. The van der Waals surface area contributed by atoms with Crippen LogP contribution in [0.4, 0.5) is 8.78 Å². The van der Waals surface area contributed by atoms with E-state index in [1.807, 2.05) is 43.3 Å². The minimum Gasteiger partial charge on any atom is -0.494 e. The van der Waals surface area contributed by atoms with Crippen LogP contribution in [0.15, 0.2) is 72.8 Å². The molecule has 0 unspecified atom stereocenters. The van der Waals surface area contributed by atoms with Gasteiger partial charge in [0.25, 0.3) is 0 Å². The molecular formula is C24H22F2O. The number of hydrogen-bond donors (Lipinski definition) is 0. The second-order valence-electron chi connectivity index (χ2n) is 6.27. The van der Waals surface area contributed by atoms with Gasteiger partial charge < -0.3 is 4.74 Å². The summed E-state index contributed by atoms with van der Waals surface area (Å²) >= 11 is 0. The molecule has 0 spiro atoms. The van der Waals surface area contributed by atoms with Crippen molar-refractivity contribution in [3.8, 4) is 5.75 Å². The van der Waals surface area contributed by atoms with Crippen molar-refractivity contribution in [3.63, 3.8) is 0 Å². The zero-order valence-corrected chi connectivity index (χ0v) is 15.2. The van der Waals surface area contributed by atoms with Gasteiger partial charge in [0.05, 0.1) is 6.61 Å². The Morgan fingerprint density at radius 1 is 0.926 bits per heavy atom. The van der Waals surface area contributed by atoms with Crippen molar-refractivity contribution in [2.45, 2.75) is 19.5 Å². The molecule has 0 aromatic heterocycles. The van der Waals surface area contributed by atoms with Crippen LogP contribution in [0.2, 0.25) is 0 Å². The highest BCUT2D eigenvalue weighted by atomic mass is 19.1. The Bertz CT molecular complexity index is 886. The minimum atomic E-state index is -1.14. The summed E-state index contributed by atoms with van der Waals surface area (Å²) in [6, 6.07) is 21.4. The lowest BCUT2D eigenvalue weighted by Gasteiger charge is -2.09. The van der Waals surface area contributed by atoms with Gasteiger partial charge >= 0.3 is 0 Å². The Labute approximate surface area is 158 Å². The summed E-state index contributed by atoms with van der Waals surface area (Å²) in [6.45, 7) is 2.56. The Morgan fingerprint density at radius 2 is 1.67 bits per heavy atom. The monoisotopic (exact) mass is 364 g/mol. The van der Waals surface area contributed by atoms with Gasteiger partial charge in [-0.2, -0.15) is 0 Å². The molecule has 0 aliphatic carbocycles. The highest BCUT2D eigenvalue weighted by Crippen LogP contribution is 2.24. The van der Waals surface area contributed by atoms with E-state index in [0.717, 1.165) is 11.3 Å². The summed E-state index contributed by atoms with van der Waals surface area (Å²) in [5.41, 5.74) is 2.68. The van der Waals surface area contributed by atoms with Crippen LogP contribution in [0.25, 0.3) is 12.2 Å². The Balaban J connectivity index is 1.67. The number of hydrogen-bond acceptors (Lipinski definition) is 1. The molecule has 0 aliphatic rings. The van der Waals surface area contributed by atoms with Gasteiger partial charge in [0, 0.05) is 12.0 Å². The molecule has 0 amide bonds. The Hall–Kier alpha value is -2.94. The van der Waals surface area contributed by atoms with Gasteiger partial charge in [0.1, 0.15) is 17.7 Å². The number of ether oxygens (including phenoxy) is 1. The first-order chi connectivity index (χ1) is 13.2. The van der Waals surface area contributed by atoms with E-state index in [1.54, 1.807) is 42.5 Å². The van der Waals surface area contributed by atoms with Crippen LogP contribution in [0.5, 0.6) is 5.75 Å². The summed E-state index contributed by atoms with van der Waals surface area (Å²) in [5.74, 6) is 0.458. The second kappa shape index (κ2) is 9.13. The van der Waals surface area contributed by atoms with Gasteiger partial charge in [0.15, 0.2) is 0 Å². The number of rotatable bonds is 7. The molecule has 0 fully saturated rings. The van der Waals surface area contributed by atoms with Crippen molar-refractivity contribution in [2.24, 2.45) is 0 Å². The van der Waals surface area contributed by atoms with Crippen molar-refractivity contribution >= 4 is 12.2 Å². The third kappa shape index (κ3) is 5.27. The number of alkyl halides is 1. The average molecular weight is 364 g/mol. The van der Waals surface area contributed by atoms with Gasteiger partial charge in [-0.05, 0) is 41.8 Å². The van der Waals surface area contributed by atoms with E-state index in [9.17, 15) is 8.78 Å². The molecule has 138 valence electrons. The van der Waals surface area contributed by atoms with E-state index in [4.69, 9.17) is 4.74 Å². The first-order valence-electron chi connectivity index (χ1n) is 9.04. The largest absolute Gasteiger partial charge is 0.494 e. The molecule has 3 aromatic rings. The maximum Gasteiger partial charge on any atom is 0.130 e. The van der Waals surface area contributed by atoms with E-state index in [0.29, 0.717) is 23.3 Å². The molecule has 3 aromatic carbocycles. The Morgan fingerprint density at radius 3 is 2.33 bits per heavy atom. The predicted octanol–water partition coefficient (Wildman–Crippen LogP) is 6.65. The van der Waals surface area contributed by atoms with Crippen molar-refractivity contribution < 1.29 is 13.5 Å². The average Bonchev–Trinajstić information content (AvgIpc) is 2.69. The topological polar surface area (TPSA) is 9.23 Å². The fourth-order valence-corrected chi connectivity index (χ4v) is 2.85. The molecule has 0 radical (unpaired) electrons. The SMILES string of the molecule is CCOc1ccc(C=Cc2ccc(C[C@@H](F)c3ccccc3)cc2F)cc1. The smallest absolute Gasteiger partial charge is 0.130 e. The molecular weight excluding hydrogens is 342 g/mol. The van der Waals surface area contributed by atoms with E-state index in [-0.39, 0.29) is 12.2 Å². The van der Waals surface area contributed by atoms with Gasteiger partial charge in [0.2, 0.25) is 0 Å². The quantitative estimate of drug-likeness (QED) is 0.427. The fraction of sp³-hybridized carbons (Fsp3) is 0.167. The zero-order valence-electron chi connectivity index (χ0n) is 15.2. The fourth-order valence-electron chi connectivity index (χ4n) is 2.85. The summed E-state index contributed by atoms with van der Waals surface area (Å²) in [4.78, 5) is 0. The maximum absolute atomic E-state index is 14.4. The van der Waals surface area contributed by atoms with Crippen LogP contribution >= 0.6 is 0 Å². The van der Waals surface area contributed by atoms with Crippen molar-refractivity contribution in [1.29, 1.82) is 0 Å². The molecule has 0 heterocycles. The molecule has 1 nitrogen and oxygen atoms in total. The third-order valence-electron chi connectivity index (χ3n) is 4.29. The molecule has 3 rings (SSSR count). The number of halogens is 2. The number of benzene rings is 3. The summed E-state index contributed by atoms with van der Waals surface area (Å²) in [5, 5.41) is 0. The van der Waals surface area contributed by atoms with Crippen LogP contribution in [0, 0.1) is 5.82 Å². The zero-order chi connectivity index (χ0) is 19.1. The highest BCUT2D eigenvalue weighted by Gasteiger charge is 2.11. The molecule has 1 atom stereocenters. The van der Waals surface area contributed by atoms with Crippen molar-refractivity contribution in [1.82, 2.24) is 0 Å². The van der Waals surface area contributed by atoms with E-state index < -0.39 is 6.17 Å². The first kappa shape index (κ1) is 18.8. The van der Waals surface area contributed by atoms with Gasteiger partial charge in [-0.3, -0.25) is 0 Å². The lowest BCUT2D eigenvalue weighted by atomic mass is 10.0. The summed E-state index contributed by atoms with van der Waals surface area (Å²) in [7, 11) is 0. The van der Waals surface area contributed by atoms with E-state index in [2.05, 4.69) is 0 Å². The highest BCUT2D eigenvalue weighted by molar-refractivity contribution is 5.70. The lowest BCUT2D eigenvalue weighted by Crippen LogP contribution is -1.98. The molecule has 0 N–H and O–H groups in total. The van der Waals surface area contributed by atoms with Gasteiger partial charge in [-0.15, -0.1) is 0 Å². The molecule has 0 saturated carbocycles. The Kier molecular flexibility index (Phi) is 6.37. The summed E-state index contributed by atoms with van der Waals surface area (Å²) in [6.07, 6.45) is 2.58. The van der Waals surface area contributed by atoms with Gasteiger partial charge in [-0.25, -0.2) is 8.78 Å².